The van der Waals surface area contributed by atoms with Crippen LogP contribution < -0.4 is 5.32 Å². The van der Waals surface area contributed by atoms with Crippen molar-refractivity contribution < 1.29 is 19.1 Å². The Morgan fingerprint density at radius 3 is 2.65 bits per heavy atom. The van der Waals surface area contributed by atoms with Crippen LogP contribution >= 0.6 is 0 Å². The number of amides is 2. The zero-order chi connectivity index (χ0) is 14.5. The fraction of sp³-hybridized carbons (Fsp3) is 0.857. The minimum absolute atomic E-state index is 0.0418. The standard InChI is InChI=1S/C14H24N2O4/c1-10-13(17)15-12(11-4-5-11)14(18)16(10)6-9-20-8-3-7-19-2/h10-12H,3-9H2,1-2H3,(H,15,17). The quantitative estimate of drug-likeness (QED) is 0.645. The van der Waals surface area contributed by atoms with Gasteiger partial charge in [0.15, 0.2) is 0 Å². The lowest BCUT2D eigenvalue weighted by atomic mass is 10.0. The number of methoxy groups -OCH3 is 1. The van der Waals surface area contributed by atoms with Crippen LogP contribution in [0.25, 0.3) is 0 Å². The van der Waals surface area contributed by atoms with Gasteiger partial charge in [0.25, 0.3) is 0 Å². The van der Waals surface area contributed by atoms with Crippen molar-refractivity contribution in [3.05, 3.63) is 0 Å². The van der Waals surface area contributed by atoms with Crippen molar-refractivity contribution in [1.82, 2.24) is 10.2 Å². The number of piperazine rings is 1. The lowest BCUT2D eigenvalue weighted by Crippen LogP contribution is -2.63. The molecule has 2 aliphatic rings. The van der Waals surface area contributed by atoms with Crippen molar-refractivity contribution in [1.29, 1.82) is 0 Å². The van der Waals surface area contributed by atoms with E-state index in [2.05, 4.69) is 5.32 Å². The largest absolute Gasteiger partial charge is 0.385 e. The normalized spacial score (nSPS) is 26.8. The molecule has 1 aliphatic heterocycles. The highest BCUT2D eigenvalue weighted by Gasteiger charge is 2.45. The van der Waals surface area contributed by atoms with E-state index < -0.39 is 6.04 Å². The van der Waals surface area contributed by atoms with E-state index in [-0.39, 0.29) is 17.9 Å². The molecule has 2 atom stereocenters. The van der Waals surface area contributed by atoms with Crippen molar-refractivity contribution in [2.45, 2.75) is 38.3 Å². The van der Waals surface area contributed by atoms with Crippen molar-refractivity contribution in [2.75, 3.05) is 33.5 Å². The number of hydrogen-bond donors (Lipinski definition) is 1. The molecule has 2 amide bonds. The first-order valence-corrected chi connectivity index (χ1v) is 7.32. The minimum Gasteiger partial charge on any atom is -0.385 e. The Morgan fingerprint density at radius 1 is 1.25 bits per heavy atom. The van der Waals surface area contributed by atoms with Crippen LogP contribution in [0.2, 0.25) is 0 Å². The molecule has 0 spiro atoms. The fourth-order valence-corrected chi connectivity index (χ4v) is 2.47. The molecule has 6 nitrogen and oxygen atoms in total. The van der Waals surface area contributed by atoms with Crippen LogP contribution in [0.1, 0.15) is 26.2 Å². The average Bonchev–Trinajstić information content (AvgIpc) is 3.25. The van der Waals surface area contributed by atoms with Crippen LogP contribution in [0.5, 0.6) is 0 Å². The fourth-order valence-electron chi connectivity index (χ4n) is 2.47. The average molecular weight is 284 g/mol. The number of carbonyl (C=O) groups excluding carboxylic acids is 2. The predicted molar refractivity (Wildman–Crippen MR) is 73.1 cm³/mol. The van der Waals surface area contributed by atoms with Gasteiger partial charge in [-0.3, -0.25) is 9.59 Å². The van der Waals surface area contributed by atoms with Crippen molar-refractivity contribution in [3.63, 3.8) is 0 Å². The van der Waals surface area contributed by atoms with E-state index in [1.165, 1.54) is 0 Å². The molecule has 1 N–H and O–H groups in total. The first kappa shape index (κ1) is 15.3. The summed E-state index contributed by atoms with van der Waals surface area (Å²) in [5, 5.41) is 2.84. The van der Waals surface area contributed by atoms with Gasteiger partial charge in [-0.2, -0.15) is 0 Å². The molecule has 1 aliphatic carbocycles. The van der Waals surface area contributed by atoms with Gasteiger partial charge in [-0.05, 0) is 32.1 Å². The number of hydrogen-bond acceptors (Lipinski definition) is 4. The SMILES string of the molecule is COCCCOCCN1C(=O)C(C2CC2)NC(=O)C1C. The molecule has 20 heavy (non-hydrogen) atoms. The molecule has 0 aromatic heterocycles. The maximum atomic E-state index is 12.4. The van der Waals surface area contributed by atoms with Gasteiger partial charge >= 0.3 is 0 Å². The van der Waals surface area contributed by atoms with Crippen LogP contribution in [0, 0.1) is 5.92 Å². The summed E-state index contributed by atoms with van der Waals surface area (Å²) in [5.41, 5.74) is 0. The molecule has 1 saturated carbocycles. The Bertz CT molecular complexity index is 357. The highest BCUT2D eigenvalue weighted by molar-refractivity contribution is 5.97. The summed E-state index contributed by atoms with van der Waals surface area (Å²) in [4.78, 5) is 25.9. The van der Waals surface area contributed by atoms with Crippen LogP contribution in [-0.4, -0.2) is 62.3 Å². The zero-order valence-corrected chi connectivity index (χ0v) is 12.3. The Balaban J connectivity index is 1.78. The predicted octanol–water partition coefficient (Wildman–Crippen LogP) is 0.165. The summed E-state index contributed by atoms with van der Waals surface area (Å²) in [6.45, 7) is 3.99. The van der Waals surface area contributed by atoms with Gasteiger partial charge < -0.3 is 19.7 Å². The first-order chi connectivity index (χ1) is 9.65. The zero-order valence-electron chi connectivity index (χ0n) is 12.3. The molecule has 1 heterocycles. The molecule has 114 valence electrons. The van der Waals surface area contributed by atoms with Crippen LogP contribution in [0.4, 0.5) is 0 Å². The maximum absolute atomic E-state index is 12.4. The third-order valence-corrected chi connectivity index (χ3v) is 3.90. The van der Waals surface area contributed by atoms with E-state index in [4.69, 9.17) is 9.47 Å². The van der Waals surface area contributed by atoms with E-state index in [0.717, 1.165) is 19.3 Å². The monoisotopic (exact) mass is 284 g/mol. The van der Waals surface area contributed by atoms with E-state index in [1.807, 2.05) is 0 Å². The lowest BCUT2D eigenvalue weighted by molar-refractivity contribution is -0.150. The van der Waals surface area contributed by atoms with E-state index in [9.17, 15) is 9.59 Å². The highest BCUT2D eigenvalue weighted by atomic mass is 16.5. The Hall–Kier alpha value is -1.14. The molecular formula is C14H24N2O4. The van der Waals surface area contributed by atoms with Gasteiger partial charge in [0.1, 0.15) is 12.1 Å². The van der Waals surface area contributed by atoms with Gasteiger partial charge in [0.2, 0.25) is 11.8 Å². The van der Waals surface area contributed by atoms with Gasteiger partial charge in [-0.1, -0.05) is 0 Å². The van der Waals surface area contributed by atoms with Crippen molar-refractivity contribution >= 4 is 11.8 Å². The summed E-state index contributed by atoms with van der Waals surface area (Å²) in [7, 11) is 1.66. The third kappa shape index (κ3) is 3.70. The lowest BCUT2D eigenvalue weighted by Gasteiger charge is -2.37. The topological polar surface area (TPSA) is 67.9 Å². The van der Waals surface area contributed by atoms with Crippen molar-refractivity contribution in [3.8, 4) is 0 Å². The maximum Gasteiger partial charge on any atom is 0.246 e. The third-order valence-electron chi connectivity index (χ3n) is 3.90. The number of nitrogens with one attached hydrogen (secondary N) is 1. The smallest absolute Gasteiger partial charge is 0.246 e. The van der Waals surface area contributed by atoms with Crippen molar-refractivity contribution in [2.24, 2.45) is 5.92 Å². The number of carbonyl (C=O) groups is 2. The summed E-state index contributed by atoms with van der Waals surface area (Å²) in [6.07, 6.45) is 2.91. The summed E-state index contributed by atoms with van der Waals surface area (Å²) in [6, 6.07) is -0.715. The van der Waals surface area contributed by atoms with Gasteiger partial charge in [-0.15, -0.1) is 0 Å². The molecule has 0 bridgehead atoms. The second-order valence-electron chi connectivity index (χ2n) is 5.49. The first-order valence-electron chi connectivity index (χ1n) is 7.32. The minimum atomic E-state index is -0.403. The molecule has 2 rings (SSSR count). The second kappa shape index (κ2) is 7.04. The van der Waals surface area contributed by atoms with Crippen LogP contribution in [-0.2, 0) is 19.1 Å². The highest BCUT2D eigenvalue weighted by Crippen LogP contribution is 2.34. The van der Waals surface area contributed by atoms with E-state index in [1.54, 1.807) is 18.9 Å². The summed E-state index contributed by atoms with van der Waals surface area (Å²) >= 11 is 0. The van der Waals surface area contributed by atoms with Crippen LogP contribution in [0.3, 0.4) is 0 Å². The van der Waals surface area contributed by atoms with E-state index in [0.29, 0.717) is 32.3 Å². The molecule has 2 unspecified atom stereocenters. The van der Waals surface area contributed by atoms with Gasteiger partial charge in [0, 0.05) is 26.9 Å². The molecule has 2 fully saturated rings. The van der Waals surface area contributed by atoms with Gasteiger partial charge in [0.05, 0.1) is 6.61 Å². The number of rotatable bonds is 8. The molecule has 6 heteroatoms. The Kier molecular flexibility index (Phi) is 5.37. The number of nitrogens with zero attached hydrogens (tertiary/aromatic N) is 1. The van der Waals surface area contributed by atoms with Crippen LogP contribution in [0.15, 0.2) is 0 Å². The van der Waals surface area contributed by atoms with Gasteiger partial charge in [-0.25, -0.2) is 0 Å². The molecule has 1 saturated heterocycles. The summed E-state index contributed by atoms with van der Waals surface area (Å²) in [5.74, 6) is 0.324. The molecule has 0 aromatic carbocycles. The Morgan fingerprint density at radius 2 is 2.00 bits per heavy atom. The molecular weight excluding hydrogens is 260 g/mol. The Labute approximate surface area is 119 Å². The van der Waals surface area contributed by atoms with E-state index >= 15 is 0 Å². The number of ether oxygens (including phenoxy) is 2. The second-order valence-corrected chi connectivity index (χ2v) is 5.49. The molecule has 0 radical (unpaired) electrons. The summed E-state index contributed by atoms with van der Waals surface area (Å²) < 4.78 is 10.4. The molecule has 0 aromatic rings.